The molecule has 1 aromatic carbocycles. The van der Waals surface area contributed by atoms with E-state index in [1.54, 1.807) is 23.7 Å². The summed E-state index contributed by atoms with van der Waals surface area (Å²) in [6.07, 6.45) is 4.44. The van der Waals surface area contributed by atoms with Gasteiger partial charge in [-0.15, -0.1) is 21.5 Å². The van der Waals surface area contributed by atoms with Gasteiger partial charge in [-0.2, -0.15) is 9.80 Å². The van der Waals surface area contributed by atoms with Gasteiger partial charge in [0.15, 0.2) is 22.5 Å². The fourth-order valence-electron chi connectivity index (χ4n) is 3.41. The van der Waals surface area contributed by atoms with Crippen LogP contribution in [0.2, 0.25) is 0 Å². The summed E-state index contributed by atoms with van der Waals surface area (Å²) >= 11 is 1.16. The van der Waals surface area contributed by atoms with Gasteiger partial charge >= 0.3 is 6.03 Å². The molecular weight excluding hydrogens is 506 g/mol. The van der Waals surface area contributed by atoms with Crippen LogP contribution in [0.4, 0.5) is 32.9 Å². The lowest BCUT2D eigenvalue weighted by Crippen LogP contribution is -2.41. The van der Waals surface area contributed by atoms with Crippen LogP contribution < -0.4 is 14.5 Å². The number of rotatable bonds is 6. The van der Waals surface area contributed by atoms with Crippen molar-refractivity contribution in [1.82, 2.24) is 19.7 Å². The maximum atomic E-state index is 13.1. The molecule has 0 unspecified atom stereocenters. The van der Waals surface area contributed by atoms with Crippen LogP contribution in [0.25, 0.3) is 0 Å². The molecule has 1 aliphatic rings. The summed E-state index contributed by atoms with van der Waals surface area (Å²) in [6, 6.07) is 8.54. The van der Waals surface area contributed by atoms with Gasteiger partial charge < -0.3 is 0 Å². The van der Waals surface area contributed by atoms with Gasteiger partial charge in [0.1, 0.15) is 0 Å². The van der Waals surface area contributed by atoms with Crippen molar-refractivity contribution in [2.45, 2.75) is 4.90 Å². The van der Waals surface area contributed by atoms with Gasteiger partial charge in [-0.25, -0.2) is 18.2 Å². The van der Waals surface area contributed by atoms with E-state index in [1.165, 1.54) is 60.6 Å². The maximum Gasteiger partial charge on any atom is 0.330 e. The van der Waals surface area contributed by atoms with Crippen LogP contribution in [0.15, 0.2) is 75.5 Å². The molecular formula is C21H17N9O4S2. The van der Waals surface area contributed by atoms with Crippen molar-refractivity contribution in [3.05, 3.63) is 65.9 Å². The van der Waals surface area contributed by atoms with E-state index >= 15 is 0 Å². The second-order valence-corrected chi connectivity index (χ2v) is 10.1. The van der Waals surface area contributed by atoms with Gasteiger partial charge in [0.25, 0.3) is 15.9 Å². The number of sulfonamides is 1. The number of anilines is 3. The Morgan fingerprint density at radius 3 is 2.50 bits per heavy atom. The SMILES string of the molecule is CN1C(=O)N(C)c2c(N=Nc3ccc(S(=O)(=O)Nc4nccs4)cc3)c1nn2C(=O)c1cccnc1. The fraction of sp³-hybridized carbons (Fsp3) is 0.0952. The van der Waals surface area contributed by atoms with Crippen molar-refractivity contribution in [3.8, 4) is 0 Å². The highest BCUT2D eigenvalue weighted by Gasteiger charge is 2.37. The summed E-state index contributed by atoms with van der Waals surface area (Å²) in [5.74, 6) is -0.184. The van der Waals surface area contributed by atoms with Gasteiger partial charge in [0, 0.05) is 38.1 Å². The molecule has 0 saturated carbocycles. The number of nitrogens with one attached hydrogen (secondary N) is 1. The minimum atomic E-state index is -3.81. The van der Waals surface area contributed by atoms with Crippen molar-refractivity contribution in [2.24, 2.45) is 10.2 Å². The molecule has 0 aliphatic carbocycles. The summed E-state index contributed by atoms with van der Waals surface area (Å²) in [5, 5.41) is 14.6. The average molecular weight is 524 g/mol. The zero-order chi connectivity index (χ0) is 25.4. The molecule has 0 saturated heterocycles. The fourth-order valence-corrected chi connectivity index (χ4v) is 5.20. The molecule has 3 aromatic heterocycles. The first-order chi connectivity index (χ1) is 17.3. The standard InChI is InChI=1S/C21H17N9O4S2/c1-28-17-16(18(29(2)21(28)32)30(26-17)19(31)13-4-3-9-22-12-13)25-24-14-5-7-15(8-6-14)36(33,34)27-20-23-10-11-35-20/h3-12H,1-2H3,(H,23,27). The highest BCUT2D eigenvalue weighted by atomic mass is 32.2. The van der Waals surface area contributed by atoms with E-state index in [2.05, 4.69) is 30.0 Å². The zero-order valence-corrected chi connectivity index (χ0v) is 20.4. The Bertz CT molecular complexity index is 1580. The number of pyridine rings is 1. The van der Waals surface area contributed by atoms with Crippen molar-refractivity contribution in [3.63, 3.8) is 0 Å². The van der Waals surface area contributed by atoms with E-state index < -0.39 is 22.0 Å². The Morgan fingerprint density at radius 1 is 1.06 bits per heavy atom. The number of nitrogens with zero attached hydrogens (tertiary/aromatic N) is 8. The summed E-state index contributed by atoms with van der Waals surface area (Å²) in [5.41, 5.74) is 0.840. The Hall–Kier alpha value is -4.50. The Labute approximate surface area is 208 Å². The number of fused-ring (bicyclic) bond motifs is 2. The number of azo groups is 1. The molecule has 4 heterocycles. The lowest BCUT2D eigenvalue weighted by Gasteiger charge is -2.26. The van der Waals surface area contributed by atoms with Crippen LogP contribution >= 0.6 is 11.3 Å². The van der Waals surface area contributed by atoms with Crippen LogP contribution in [0, 0.1) is 0 Å². The minimum Gasteiger partial charge on any atom is -0.279 e. The number of amides is 2. The molecule has 2 amide bonds. The summed E-state index contributed by atoms with van der Waals surface area (Å²) in [7, 11) is -0.799. The normalized spacial score (nSPS) is 13.4. The molecule has 182 valence electrons. The van der Waals surface area contributed by atoms with Crippen LogP contribution in [0.3, 0.4) is 0 Å². The molecule has 36 heavy (non-hydrogen) atoms. The predicted molar refractivity (Wildman–Crippen MR) is 132 cm³/mol. The van der Waals surface area contributed by atoms with Crippen LogP contribution in [0.1, 0.15) is 10.4 Å². The Morgan fingerprint density at radius 2 is 1.83 bits per heavy atom. The first-order valence-corrected chi connectivity index (χ1v) is 12.7. The van der Waals surface area contributed by atoms with Gasteiger partial charge in [-0.3, -0.25) is 24.3 Å². The minimum absolute atomic E-state index is 0.0269. The van der Waals surface area contributed by atoms with Crippen LogP contribution in [-0.2, 0) is 10.0 Å². The molecule has 5 rings (SSSR count). The van der Waals surface area contributed by atoms with Gasteiger partial charge in [-0.05, 0) is 36.4 Å². The number of carbonyl (C=O) groups excluding carboxylic acids is 2. The van der Waals surface area contributed by atoms with Crippen molar-refractivity contribution >= 4 is 61.4 Å². The number of benzene rings is 1. The molecule has 15 heteroatoms. The number of hydrogen-bond acceptors (Lipinski definition) is 10. The molecule has 2 bridgehead atoms. The van der Waals surface area contributed by atoms with Gasteiger partial charge in [-0.1, -0.05) is 0 Å². The Kier molecular flexibility index (Phi) is 5.77. The topological polar surface area (TPSA) is 155 Å². The molecule has 0 spiro atoms. The highest BCUT2D eigenvalue weighted by Crippen LogP contribution is 2.43. The van der Waals surface area contributed by atoms with E-state index in [9.17, 15) is 18.0 Å². The third-order valence-corrected chi connectivity index (χ3v) is 7.37. The predicted octanol–water partition coefficient (Wildman–Crippen LogP) is 3.65. The molecule has 4 aromatic rings. The summed E-state index contributed by atoms with van der Waals surface area (Å²) in [6.45, 7) is 0. The average Bonchev–Trinajstić information content (AvgIpc) is 3.51. The van der Waals surface area contributed by atoms with Crippen molar-refractivity contribution < 1.29 is 18.0 Å². The Balaban J connectivity index is 1.46. The van der Waals surface area contributed by atoms with E-state index in [0.29, 0.717) is 5.69 Å². The van der Waals surface area contributed by atoms with Gasteiger partial charge in [0.2, 0.25) is 0 Å². The second-order valence-electron chi connectivity index (χ2n) is 7.49. The van der Waals surface area contributed by atoms with Crippen LogP contribution in [0.5, 0.6) is 0 Å². The molecule has 0 radical (unpaired) electrons. The number of urea groups is 1. The molecule has 1 N–H and O–H groups in total. The van der Waals surface area contributed by atoms with Crippen LogP contribution in [-0.4, -0.2) is 54.2 Å². The number of aromatic nitrogens is 4. The third-order valence-electron chi connectivity index (χ3n) is 5.20. The zero-order valence-electron chi connectivity index (χ0n) is 18.8. The second kappa shape index (κ2) is 8.94. The molecule has 0 atom stereocenters. The summed E-state index contributed by atoms with van der Waals surface area (Å²) < 4.78 is 28.5. The smallest absolute Gasteiger partial charge is 0.279 e. The lowest BCUT2D eigenvalue weighted by atomic mass is 10.2. The van der Waals surface area contributed by atoms with Crippen molar-refractivity contribution in [1.29, 1.82) is 0 Å². The van der Waals surface area contributed by atoms with E-state index in [1.807, 2.05) is 0 Å². The molecule has 1 aliphatic heterocycles. The highest BCUT2D eigenvalue weighted by molar-refractivity contribution is 7.93. The van der Waals surface area contributed by atoms with E-state index in [0.717, 1.165) is 16.0 Å². The number of hydrogen-bond donors (Lipinski definition) is 1. The van der Waals surface area contributed by atoms with E-state index in [-0.39, 0.29) is 32.9 Å². The third kappa shape index (κ3) is 4.09. The van der Waals surface area contributed by atoms with E-state index in [4.69, 9.17) is 0 Å². The number of thiazole rings is 1. The first kappa shape index (κ1) is 23.3. The molecule has 13 nitrogen and oxygen atoms in total. The monoisotopic (exact) mass is 523 g/mol. The maximum absolute atomic E-state index is 13.1. The largest absolute Gasteiger partial charge is 0.330 e. The number of carbonyl (C=O) groups is 2. The molecule has 0 fully saturated rings. The summed E-state index contributed by atoms with van der Waals surface area (Å²) in [4.78, 5) is 36.1. The quantitative estimate of drug-likeness (QED) is 0.378. The van der Waals surface area contributed by atoms with Crippen molar-refractivity contribution in [2.75, 3.05) is 28.6 Å². The van der Waals surface area contributed by atoms with Gasteiger partial charge in [0.05, 0.1) is 16.1 Å². The lowest BCUT2D eigenvalue weighted by molar-refractivity contribution is 0.0947. The first-order valence-electron chi connectivity index (χ1n) is 10.3.